The summed E-state index contributed by atoms with van der Waals surface area (Å²) >= 11 is 6.19. The molecule has 1 aliphatic heterocycles. The zero-order valence-corrected chi connectivity index (χ0v) is 9.37. The molecular formula is C11H13ClFN. The van der Waals surface area contributed by atoms with E-state index in [1.54, 1.807) is 6.92 Å². The van der Waals surface area contributed by atoms with Crippen molar-refractivity contribution in [3.05, 3.63) is 33.1 Å². The maximum absolute atomic E-state index is 13.8. The lowest BCUT2D eigenvalue weighted by Gasteiger charge is -2.10. The van der Waals surface area contributed by atoms with Crippen molar-refractivity contribution in [2.24, 2.45) is 0 Å². The van der Waals surface area contributed by atoms with Crippen LogP contribution in [0, 0.1) is 19.7 Å². The molecule has 14 heavy (non-hydrogen) atoms. The standard InChI is InChI=1S/C11H13ClFN/c1-6-7(2)11(13)9-5-14(3)4-8(9)10(6)12/h4-5H2,1-3H3. The van der Waals surface area contributed by atoms with Crippen LogP contribution in [0.3, 0.4) is 0 Å². The predicted molar refractivity (Wildman–Crippen MR) is 56.1 cm³/mol. The molecule has 1 aromatic carbocycles. The van der Waals surface area contributed by atoms with Crippen LogP contribution in [0.15, 0.2) is 0 Å². The van der Waals surface area contributed by atoms with E-state index in [2.05, 4.69) is 4.90 Å². The zero-order valence-electron chi connectivity index (χ0n) is 8.62. The van der Waals surface area contributed by atoms with Crippen LogP contribution in [0.5, 0.6) is 0 Å². The summed E-state index contributed by atoms with van der Waals surface area (Å²) in [6.45, 7) is 5.09. The first-order valence-corrected chi connectivity index (χ1v) is 5.04. The molecule has 0 N–H and O–H groups in total. The van der Waals surface area contributed by atoms with Gasteiger partial charge in [0.05, 0.1) is 0 Å². The van der Waals surface area contributed by atoms with Gasteiger partial charge in [-0.2, -0.15) is 0 Å². The third-order valence-electron chi connectivity index (χ3n) is 2.97. The average Bonchev–Trinajstić information content (AvgIpc) is 2.54. The second-order valence-electron chi connectivity index (χ2n) is 4.01. The minimum absolute atomic E-state index is 0.0775. The molecule has 0 aliphatic carbocycles. The van der Waals surface area contributed by atoms with Gasteiger partial charge in [-0.25, -0.2) is 4.39 Å². The highest BCUT2D eigenvalue weighted by Crippen LogP contribution is 2.35. The largest absolute Gasteiger partial charge is 0.298 e. The highest BCUT2D eigenvalue weighted by Gasteiger charge is 2.25. The molecule has 1 aromatic rings. The molecule has 76 valence electrons. The van der Waals surface area contributed by atoms with Crippen LogP contribution in [-0.4, -0.2) is 11.9 Å². The Morgan fingerprint density at radius 3 is 2.36 bits per heavy atom. The van der Waals surface area contributed by atoms with Crippen LogP contribution in [0.1, 0.15) is 22.3 Å². The predicted octanol–water partition coefficient (Wildman–Crippen LogP) is 3.04. The number of hydrogen-bond donors (Lipinski definition) is 0. The van der Waals surface area contributed by atoms with E-state index < -0.39 is 0 Å². The molecule has 0 bridgehead atoms. The van der Waals surface area contributed by atoms with Crippen LogP contribution >= 0.6 is 11.6 Å². The number of benzene rings is 1. The average molecular weight is 214 g/mol. The summed E-state index contributed by atoms with van der Waals surface area (Å²) in [6, 6.07) is 0. The van der Waals surface area contributed by atoms with Gasteiger partial charge in [-0.3, -0.25) is 4.90 Å². The van der Waals surface area contributed by atoms with Crippen molar-refractivity contribution in [3.63, 3.8) is 0 Å². The van der Waals surface area contributed by atoms with E-state index in [0.717, 1.165) is 28.3 Å². The van der Waals surface area contributed by atoms with Crippen molar-refractivity contribution in [2.75, 3.05) is 7.05 Å². The Balaban J connectivity index is 2.70. The van der Waals surface area contributed by atoms with Crippen molar-refractivity contribution in [1.29, 1.82) is 0 Å². The van der Waals surface area contributed by atoms with E-state index in [4.69, 9.17) is 11.6 Å². The Labute approximate surface area is 88.5 Å². The Morgan fingerprint density at radius 1 is 1.14 bits per heavy atom. The van der Waals surface area contributed by atoms with Crippen molar-refractivity contribution in [1.82, 2.24) is 4.90 Å². The summed E-state index contributed by atoms with van der Waals surface area (Å²) < 4.78 is 13.8. The van der Waals surface area contributed by atoms with Gasteiger partial charge in [0.15, 0.2) is 0 Å². The molecule has 0 saturated carbocycles. The van der Waals surface area contributed by atoms with Gasteiger partial charge in [0, 0.05) is 23.7 Å². The third-order valence-corrected chi connectivity index (χ3v) is 3.48. The summed E-state index contributed by atoms with van der Waals surface area (Å²) in [4.78, 5) is 2.07. The van der Waals surface area contributed by atoms with Gasteiger partial charge in [-0.15, -0.1) is 0 Å². The van der Waals surface area contributed by atoms with E-state index in [9.17, 15) is 4.39 Å². The molecule has 0 atom stereocenters. The first kappa shape index (κ1) is 9.94. The maximum atomic E-state index is 13.8. The lowest BCUT2D eigenvalue weighted by atomic mass is 10.0. The second-order valence-corrected chi connectivity index (χ2v) is 4.39. The number of hydrogen-bond acceptors (Lipinski definition) is 1. The fourth-order valence-electron chi connectivity index (χ4n) is 1.97. The van der Waals surface area contributed by atoms with Gasteiger partial charge >= 0.3 is 0 Å². The minimum atomic E-state index is -0.0775. The summed E-state index contributed by atoms with van der Waals surface area (Å²) in [7, 11) is 1.97. The van der Waals surface area contributed by atoms with Gasteiger partial charge in [0.2, 0.25) is 0 Å². The van der Waals surface area contributed by atoms with Crippen molar-refractivity contribution in [3.8, 4) is 0 Å². The topological polar surface area (TPSA) is 3.24 Å². The maximum Gasteiger partial charge on any atom is 0.131 e. The quantitative estimate of drug-likeness (QED) is 0.641. The fraction of sp³-hybridized carbons (Fsp3) is 0.455. The van der Waals surface area contributed by atoms with Gasteiger partial charge in [-0.05, 0) is 37.6 Å². The summed E-state index contributed by atoms with van der Waals surface area (Å²) in [6.07, 6.45) is 0. The van der Waals surface area contributed by atoms with Crippen molar-refractivity contribution in [2.45, 2.75) is 26.9 Å². The Morgan fingerprint density at radius 2 is 1.71 bits per heavy atom. The monoisotopic (exact) mass is 213 g/mol. The first-order chi connectivity index (χ1) is 6.52. The van der Waals surface area contributed by atoms with E-state index in [0.29, 0.717) is 12.1 Å². The van der Waals surface area contributed by atoms with Crippen molar-refractivity contribution < 1.29 is 4.39 Å². The van der Waals surface area contributed by atoms with Crippen LogP contribution in [0.2, 0.25) is 5.02 Å². The van der Waals surface area contributed by atoms with Gasteiger partial charge in [0.25, 0.3) is 0 Å². The zero-order chi connectivity index (χ0) is 10.5. The number of fused-ring (bicyclic) bond motifs is 1. The molecular weight excluding hydrogens is 201 g/mol. The Bertz CT molecular complexity index is 364. The van der Waals surface area contributed by atoms with Crippen LogP contribution in [0.25, 0.3) is 0 Å². The van der Waals surface area contributed by atoms with E-state index in [1.165, 1.54) is 0 Å². The SMILES string of the molecule is Cc1c(C)c(Cl)c2c(c1F)CN(C)C2. The number of rotatable bonds is 0. The van der Waals surface area contributed by atoms with E-state index in [-0.39, 0.29) is 5.82 Å². The molecule has 0 aromatic heterocycles. The molecule has 1 nitrogen and oxygen atoms in total. The highest BCUT2D eigenvalue weighted by molar-refractivity contribution is 6.32. The highest BCUT2D eigenvalue weighted by atomic mass is 35.5. The van der Waals surface area contributed by atoms with Gasteiger partial charge in [0.1, 0.15) is 5.82 Å². The molecule has 0 saturated heterocycles. The van der Waals surface area contributed by atoms with E-state index >= 15 is 0 Å². The summed E-state index contributed by atoms with van der Waals surface area (Å²) in [5.74, 6) is -0.0775. The molecule has 2 rings (SSSR count). The minimum Gasteiger partial charge on any atom is -0.298 e. The molecule has 1 aliphatic rings. The molecule has 0 amide bonds. The summed E-state index contributed by atoms with van der Waals surface area (Å²) in [5, 5.41) is 0.739. The smallest absolute Gasteiger partial charge is 0.131 e. The van der Waals surface area contributed by atoms with Gasteiger partial charge < -0.3 is 0 Å². The summed E-state index contributed by atoms with van der Waals surface area (Å²) in [5.41, 5.74) is 3.30. The first-order valence-electron chi connectivity index (χ1n) is 4.66. The second kappa shape index (κ2) is 3.21. The molecule has 0 spiro atoms. The fourth-order valence-corrected chi connectivity index (χ4v) is 2.29. The normalized spacial score (nSPS) is 16.1. The van der Waals surface area contributed by atoms with Crippen LogP contribution in [0.4, 0.5) is 4.39 Å². The van der Waals surface area contributed by atoms with E-state index in [1.807, 2.05) is 14.0 Å². The van der Waals surface area contributed by atoms with Crippen molar-refractivity contribution >= 4 is 11.6 Å². The lowest BCUT2D eigenvalue weighted by molar-refractivity contribution is 0.350. The number of nitrogens with zero attached hydrogens (tertiary/aromatic N) is 1. The van der Waals surface area contributed by atoms with Gasteiger partial charge in [-0.1, -0.05) is 11.6 Å². The van der Waals surface area contributed by atoms with Crippen LogP contribution in [-0.2, 0) is 13.1 Å². The molecule has 3 heteroatoms. The Kier molecular flexibility index (Phi) is 2.28. The molecule has 0 fully saturated rings. The Hall–Kier alpha value is -0.600. The van der Waals surface area contributed by atoms with Crippen LogP contribution < -0.4 is 0 Å². The number of halogens is 2. The molecule has 0 radical (unpaired) electrons. The molecule has 1 heterocycles. The molecule has 0 unspecified atom stereocenters. The lowest BCUT2D eigenvalue weighted by Crippen LogP contribution is -2.07. The third kappa shape index (κ3) is 1.25.